The normalized spacial score (nSPS) is 18.1. The smallest absolute Gasteiger partial charge is 0.420 e. The minimum atomic E-state index is -1.91. The Labute approximate surface area is 302 Å². The van der Waals surface area contributed by atoms with Gasteiger partial charge in [0.1, 0.15) is 17.0 Å². The van der Waals surface area contributed by atoms with Gasteiger partial charge in [-0.3, -0.25) is 0 Å². The summed E-state index contributed by atoms with van der Waals surface area (Å²) in [4.78, 5) is 32.2. The Morgan fingerprint density at radius 3 is 2.20 bits per heavy atom. The van der Waals surface area contributed by atoms with Gasteiger partial charge in [-0.2, -0.15) is 5.10 Å². The van der Waals surface area contributed by atoms with Crippen LogP contribution >= 0.6 is 0 Å². The third-order valence-corrected chi connectivity index (χ3v) is 13.5. The van der Waals surface area contributed by atoms with Crippen molar-refractivity contribution in [3.05, 3.63) is 30.1 Å². The van der Waals surface area contributed by atoms with E-state index in [1.807, 2.05) is 59.2 Å². The monoisotopic (exact) mass is 715 g/mol. The van der Waals surface area contributed by atoms with Gasteiger partial charge in [-0.1, -0.05) is 20.8 Å². The van der Waals surface area contributed by atoms with Crippen LogP contribution in [0.1, 0.15) is 134 Å². The molecule has 1 fully saturated rings. The molecule has 2 heterocycles. The Kier molecular flexibility index (Phi) is 12.9. The fourth-order valence-electron chi connectivity index (χ4n) is 5.55. The van der Waals surface area contributed by atoms with E-state index in [0.29, 0.717) is 36.8 Å². The lowest BCUT2D eigenvalue weighted by molar-refractivity contribution is 0.0503. The Hall–Kier alpha value is -3.12. The highest BCUT2D eigenvalue weighted by Gasteiger charge is 2.42. The van der Waals surface area contributed by atoms with Crippen molar-refractivity contribution >= 4 is 32.0 Å². The number of anilines is 2. The van der Waals surface area contributed by atoms with E-state index < -0.39 is 37.2 Å². The number of carbonyl (C=O) groups excluding carboxylic acids is 2. The van der Waals surface area contributed by atoms with E-state index in [1.165, 1.54) is 0 Å². The Morgan fingerprint density at radius 2 is 1.62 bits per heavy atom. The van der Waals surface area contributed by atoms with Gasteiger partial charge in [0.05, 0.1) is 23.5 Å². The molecule has 282 valence electrons. The van der Waals surface area contributed by atoms with Crippen molar-refractivity contribution in [3.63, 3.8) is 0 Å². The Bertz CT molecular complexity index is 1450. The van der Waals surface area contributed by atoms with Gasteiger partial charge in [0, 0.05) is 36.4 Å². The summed E-state index contributed by atoms with van der Waals surface area (Å²) in [7, 11) is -1.91. The molecule has 3 atom stereocenters. The summed E-state index contributed by atoms with van der Waals surface area (Å²) in [5.74, 6) is 1.22. The lowest BCUT2D eigenvalue weighted by Crippen LogP contribution is -2.43. The standard InChI is InChI=1S/C38H65N5O6Si/c1-26(40-33(44)47-36(5,6)7)17-16-22-46-31-24-28(20-21-39-31)42(34(45)48-37(8,9)10)32-25-30(41-43(32)35(2,3)4)27-18-19-29(23-27)49-50(14,15)38(11,12)13/h20-21,24-27,29H,16-19,22-23H2,1-15H3,(H,40,44)/t26-,27-,29+/m0/s1. The maximum absolute atomic E-state index is 14.0. The van der Waals surface area contributed by atoms with Crippen molar-refractivity contribution < 1.29 is 28.2 Å². The van der Waals surface area contributed by atoms with Crippen LogP contribution in [0.3, 0.4) is 0 Å². The number of rotatable bonds is 11. The fraction of sp³-hybridized carbons (Fsp3) is 0.737. The molecule has 0 saturated heterocycles. The van der Waals surface area contributed by atoms with Crippen LogP contribution in [0, 0.1) is 0 Å². The lowest BCUT2D eigenvalue weighted by atomic mass is 10.0. The first kappa shape index (κ1) is 41.3. The molecule has 12 heteroatoms. The number of carbonyl (C=O) groups is 2. The average Bonchev–Trinajstić information content (AvgIpc) is 3.56. The number of amides is 2. The molecule has 3 rings (SSSR count). The highest BCUT2D eigenvalue weighted by molar-refractivity contribution is 6.74. The van der Waals surface area contributed by atoms with Gasteiger partial charge in [0.25, 0.3) is 0 Å². The quantitative estimate of drug-likeness (QED) is 0.181. The first-order valence-corrected chi connectivity index (χ1v) is 21.1. The predicted octanol–water partition coefficient (Wildman–Crippen LogP) is 9.84. The number of aromatic nitrogens is 3. The van der Waals surface area contributed by atoms with Gasteiger partial charge >= 0.3 is 12.2 Å². The lowest BCUT2D eigenvalue weighted by Gasteiger charge is -2.38. The minimum absolute atomic E-state index is 0.0870. The molecule has 2 aromatic rings. The predicted molar refractivity (Wildman–Crippen MR) is 202 cm³/mol. The van der Waals surface area contributed by atoms with E-state index in [2.05, 4.69) is 64.9 Å². The van der Waals surface area contributed by atoms with Crippen LogP contribution in [-0.2, 0) is 19.4 Å². The molecule has 0 radical (unpaired) electrons. The summed E-state index contributed by atoms with van der Waals surface area (Å²) in [6.07, 6.45) is 5.12. The summed E-state index contributed by atoms with van der Waals surface area (Å²) in [6.45, 7) is 31.1. The number of pyridine rings is 1. The summed E-state index contributed by atoms with van der Waals surface area (Å²) >= 11 is 0. The van der Waals surface area contributed by atoms with Crippen molar-refractivity contribution in [1.29, 1.82) is 0 Å². The summed E-state index contributed by atoms with van der Waals surface area (Å²) in [5.41, 5.74) is -0.195. The molecule has 50 heavy (non-hydrogen) atoms. The van der Waals surface area contributed by atoms with E-state index in [0.717, 1.165) is 25.0 Å². The zero-order valence-electron chi connectivity index (χ0n) is 33.5. The molecule has 1 N–H and O–H groups in total. The van der Waals surface area contributed by atoms with Crippen LogP contribution < -0.4 is 15.0 Å². The zero-order valence-corrected chi connectivity index (χ0v) is 34.5. The number of alkyl carbamates (subject to hydrolysis) is 1. The van der Waals surface area contributed by atoms with Gasteiger partial charge in [-0.25, -0.2) is 24.2 Å². The molecule has 1 aliphatic carbocycles. The number of hydrogen-bond donors (Lipinski definition) is 1. The SMILES string of the molecule is C[C@@H](CCCOc1cc(N(C(=O)OC(C)(C)C)c2cc([C@H]3CC[C@@H](O[Si](C)(C)C(C)(C)C)C3)nn2C(C)(C)C)ccn1)NC(=O)OC(C)(C)C. The molecule has 0 bridgehead atoms. The summed E-state index contributed by atoms with van der Waals surface area (Å²) in [6, 6.07) is 5.48. The van der Waals surface area contributed by atoms with Crippen LogP contribution in [0.25, 0.3) is 0 Å². The van der Waals surface area contributed by atoms with Crippen molar-refractivity contribution in [1.82, 2.24) is 20.1 Å². The third-order valence-electron chi connectivity index (χ3n) is 8.99. The van der Waals surface area contributed by atoms with E-state index in [4.69, 9.17) is 23.7 Å². The molecular formula is C38H65N5O6Si. The molecular weight excluding hydrogens is 651 g/mol. The van der Waals surface area contributed by atoms with Crippen molar-refractivity contribution in [2.45, 2.75) is 175 Å². The van der Waals surface area contributed by atoms with E-state index >= 15 is 0 Å². The maximum Gasteiger partial charge on any atom is 0.420 e. The second-order valence-corrected chi connectivity index (χ2v) is 23.0. The zero-order chi connectivity index (χ0) is 37.9. The second-order valence-electron chi connectivity index (χ2n) is 18.2. The highest BCUT2D eigenvalue weighted by atomic mass is 28.4. The van der Waals surface area contributed by atoms with Crippen molar-refractivity contribution in [2.24, 2.45) is 0 Å². The number of nitrogens with zero attached hydrogens (tertiary/aromatic N) is 4. The molecule has 1 aliphatic rings. The first-order chi connectivity index (χ1) is 22.8. The van der Waals surface area contributed by atoms with Gasteiger partial charge < -0.3 is 24.0 Å². The Morgan fingerprint density at radius 1 is 0.980 bits per heavy atom. The second kappa shape index (κ2) is 15.6. The number of hydrogen-bond acceptors (Lipinski definition) is 8. The summed E-state index contributed by atoms with van der Waals surface area (Å²) in [5, 5.41) is 8.15. The largest absolute Gasteiger partial charge is 0.478 e. The molecule has 0 spiro atoms. The average molecular weight is 716 g/mol. The van der Waals surface area contributed by atoms with E-state index in [1.54, 1.807) is 23.2 Å². The van der Waals surface area contributed by atoms with Crippen LogP contribution in [-0.4, -0.2) is 65.2 Å². The van der Waals surface area contributed by atoms with Crippen LogP contribution in [0.4, 0.5) is 21.1 Å². The topological polar surface area (TPSA) is 117 Å². The number of ether oxygens (including phenoxy) is 3. The van der Waals surface area contributed by atoms with Gasteiger partial charge in [-0.05, 0) is 126 Å². The molecule has 1 saturated carbocycles. The van der Waals surface area contributed by atoms with Crippen LogP contribution in [0.2, 0.25) is 18.1 Å². The highest BCUT2D eigenvalue weighted by Crippen LogP contribution is 2.44. The molecule has 2 amide bonds. The maximum atomic E-state index is 14.0. The van der Waals surface area contributed by atoms with Crippen LogP contribution in [0.15, 0.2) is 24.4 Å². The van der Waals surface area contributed by atoms with Gasteiger partial charge in [-0.15, -0.1) is 0 Å². The van der Waals surface area contributed by atoms with E-state index in [9.17, 15) is 9.59 Å². The Balaban J connectivity index is 1.86. The molecule has 0 aliphatic heterocycles. The van der Waals surface area contributed by atoms with E-state index in [-0.39, 0.29) is 23.1 Å². The molecule has 11 nitrogen and oxygen atoms in total. The fourth-order valence-corrected chi connectivity index (χ4v) is 6.95. The minimum Gasteiger partial charge on any atom is -0.478 e. The summed E-state index contributed by atoms with van der Waals surface area (Å²) < 4.78 is 26.1. The molecule has 0 aromatic carbocycles. The number of nitrogens with one attached hydrogen (secondary N) is 1. The van der Waals surface area contributed by atoms with Gasteiger partial charge in [0.2, 0.25) is 5.88 Å². The van der Waals surface area contributed by atoms with Crippen molar-refractivity contribution in [3.8, 4) is 5.88 Å². The molecule has 2 aromatic heterocycles. The van der Waals surface area contributed by atoms with Crippen molar-refractivity contribution in [2.75, 3.05) is 11.5 Å². The van der Waals surface area contributed by atoms with Crippen LogP contribution in [0.5, 0.6) is 5.88 Å². The first-order valence-electron chi connectivity index (χ1n) is 18.2. The third kappa shape index (κ3) is 12.0. The molecule has 0 unspecified atom stereocenters. The van der Waals surface area contributed by atoms with Gasteiger partial charge in [0.15, 0.2) is 8.32 Å².